The Morgan fingerprint density at radius 1 is 0.500 bits per heavy atom. The van der Waals surface area contributed by atoms with Crippen molar-refractivity contribution in [1.29, 1.82) is 0 Å². The summed E-state index contributed by atoms with van der Waals surface area (Å²) in [5, 5.41) is 3.65. The second-order valence-electron chi connectivity index (χ2n) is 6.46. The maximum atomic E-state index is 4.98. The van der Waals surface area contributed by atoms with Gasteiger partial charge in [-0.25, -0.2) is 4.98 Å². The van der Waals surface area contributed by atoms with Gasteiger partial charge in [0.25, 0.3) is 0 Å². The van der Waals surface area contributed by atoms with E-state index in [1.54, 1.807) is 0 Å². The predicted octanol–water partition coefficient (Wildman–Crippen LogP) is 6.72. The molecule has 0 bridgehead atoms. The molecule has 0 fully saturated rings. The molecule has 0 unspecified atom stereocenters. The van der Waals surface area contributed by atoms with E-state index in [9.17, 15) is 0 Å². The number of hydrogen-bond donors (Lipinski definition) is 0. The van der Waals surface area contributed by atoms with Gasteiger partial charge < -0.3 is 0 Å². The molecule has 5 rings (SSSR count). The SMILES string of the molecule is c1ccc(-c2cc(-c3cccc4ccccc34)nc3ccccc23)cc1. The van der Waals surface area contributed by atoms with Gasteiger partial charge in [0.2, 0.25) is 0 Å². The lowest BCUT2D eigenvalue weighted by Crippen LogP contribution is -1.90. The summed E-state index contributed by atoms with van der Waals surface area (Å²) >= 11 is 0. The Bertz CT molecular complexity index is 1220. The summed E-state index contributed by atoms with van der Waals surface area (Å²) in [6.45, 7) is 0. The largest absolute Gasteiger partial charge is 0.248 e. The minimum absolute atomic E-state index is 1.01. The molecular weight excluding hydrogens is 314 g/mol. The van der Waals surface area contributed by atoms with Crippen LogP contribution in [0.5, 0.6) is 0 Å². The van der Waals surface area contributed by atoms with Crippen molar-refractivity contribution < 1.29 is 0 Å². The van der Waals surface area contributed by atoms with Crippen LogP contribution in [0.4, 0.5) is 0 Å². The van der Waals surface area contributed by atoms with Crippen molar-refractivity contribution in [2.75, 3.05) is 0 Å². The fraction of sp³-hybridized carbons (Fsp3) is 0. The Hall–Kier alpha value is -3.45. The molecule has 1 heteroatoms. The summed E-state index contributed by atoms with van der Waals surface area (Å²) in [4.78, 5) is 4.98. The van der Waals surface area contributed by atoms with Gasteiger partial charge in [-0.2, -0.15) is 0 Å². The number of hydrogen-bond acceptors (Lipinski definition) is 1. The Morgan fingerprint density at radius 3 is 2.08 bits per heavy atom. The van der Waals surface area contributed by atoms with E-state index in [1.807, 2.05) is 0 Å². The van der Waals surface area contributed by atoms with Crippen molar-refractivity contribution in [1.82, 2.24) is 4.98 Å². The molecule has 0 saturated heterocycles. The highest BCUT2D eigenvalue weighted by molar-refractivity contribution is 6.01. The molecule has 1 nitrogen and oxygen atoms in total. The van der Waals surface area contributed by atoms with Crippen LogP contribution < -0.4 is 0 Å². The quantitative estimate of drug-likeness (QED) is 0.350. The van der Waals surface area contributed by atoms with Crippen LogP contribution in [0.2, 0.25) is 0 Å². The highest BCUT2D eigenvalue weighted by Crippen LogP contribution is 2.34. The van der Waals surface area contributed by atoms with E-state index >= 15 is 0 Å². The Morgan fingerprint density at radius 2 is 1.19 bits per heavy atom. The van der Waals surface area contributed by atoms with E-state index in [-0.39, 0.29) is 0 Å². The lowest BCUT2D eigenvalue weighted by atomic mass is 9.96. The first-order valence-corrected chi connectivity index (χ1v) is 8.83. The van der Waals surface area contributed by atoms with Gasteiger partial charge in [-0.05, 0) is 34.0 Å². The van der Waals surface area contributed by atoms with Gasteiger partial charge in [-0.15, -0.1) is 0 Å². The molecule has 0 amide bonds. The van der Waals surface area contributed by atoms with Crippen molar-refractivity contribution in [3.8, 4) is 22.4 Å². The molecule has 4 aromatic carbocycles. The number of nitrogens with zero attached hydrogens (tertiary/aromatic N) is 1. The third kappa shape index (κ3) is 2.46. The predicted molar refractivity (Wildman–Crippen MR) is 110 cm³/mol. The number of fused-ring (bicyclic) bond motifs is 2. The van der Waals surface area contributed by atoms with E-state index in [4.69, 9.17) is 4.98 Å². The number of rotatable bonds is 2. The van der Waals surface area contributed by atoms with Gasteiger partial charge >= 0.3 is 0 Å². The lowest BCUT2D eigenvalue weighted by molar-refractivity contribution is 1.41. The molecule has 0 N–H and O–H groups in total. The topological polar surface area (TPSA) is 12.9 Å². The maximum absolute atomic E-state index is 4.98. The Labute approximate surface area is 152 Å². The zero-order chi connectivity index (χ0) is 17.3. The minimum atomic E-state index is 1.01. The maximum Gasteiger partial charge on any atom is 0.0722 e. The summed E-state index contributed by atoms with van der Waals surface area (Å²) in [5.41, 5.74) is 5.65. The highest BCUT2D eigenvalue weighted by Gasteiger charge is 2.11. The lowest BCUT2D eigenvalue weighted by Gasteiger charge is -2.12. The standard InChI is InChI=1S/C25H17N/c1-2-9-19(10-3-1)23-17-25(26-24-16-7-6-14-22(23)24)21-15-8-12-18-11-4-5-13-20(18)21/h1-17H. The zero-order valence-corrected chi connectivity index (χ0v) is 14.3. The second kappa shape index (κ2) is 6.12. The number of benzene rings is 4. The van der Waals surface area contributed by atoms with Gasteiger partial charge in [0, 0.05) is 10.9 Å². The summed E-state index contributed by atoms with van der Waals surface area (Å²) in [7, 11) is 0. The molecule has 5 aromatic rings. The zero-order valence-electron chi connectivity index (χ0n) is 14.3. The molecule has 122 valence electrons. The van der Waals surface area contributed by atoms with E-state index in [0.717, 1.165) is 11.2 Å². The fourth-order valence-corrected chi connectivity index (χ4v) is 3.62. The molecule has 0 aliphatic rings. The molecule has 1 aromatic heterocycles. The number of pyridine rings is 1. The van der Waals surface area contributed by atoms with Crippen LogP contribution >= 0.6 is 0 Å². The number of para-hydroxylation sites is 1. The number of aromatic nitrogens is 1. The smallest absolute Gasteiger partial charge is 0.0722 e. The molecule has 0 aliphatic heterocycles. The van der Waals surface area contributed by atoms with Crippen LogP contribution in [0.1, 0.15) is 0 Å². The highest BCUT2D eigenvalue weighted by atomic mass is 14.7. The van der Waals surface area contributed by atoms with E-state index in [0.29, 0.717) is 0 Å². The minimum Gasteiger partial charge on any atom is -0.248 e. The summed E-state index contributed by atoms with van der Waals surface area (Å²) in [5.74, 6) is 0. The van der Waals surface area contributed by atoms with Gasteiger partial charge in [0.05, 0.1) is 11.2 Å². The second-order valence-corrected chi connectivity index (χ2v) is 6.46. The monoisotopic (exact) mass is 331 g/mol. The van der Waals surface area contributed by atoms with Gasteiger partial charge in [-0.3, -0.25) is 0 Å². The molecule has 0 spiro atoms. The van der Waals surface area contributed by atoms with Crippen LogP contribution in [-0.4, -0.2) is 4.98 Å². The van der Waals surface area contributed by atoms with E-state index in [1.165, 1.54) is 32.8 Å². The van der Waals surface area contributed by atoms with Crippen molar-refractivity contribution in [3.63, 3.8) is 0 Å². The van der Waals surface area contributed by atoms with Crippen LogP contribution in [0, 0.1) is 0 Å². The molecule has 0 atom stereocenters. The molecule has 26 heavy (non-hydrogen) atoms. The van der Waals surface area contributed by atoms with Gasteiger partial charge in [0.15, 0.2) is 0 Å². The van der Waals surface area contributed by atoms with Crippen molar-refractivity contribution in [3.05, 3.63) is 103 Å². The van der Waals surface area contributed by atoms with E-state index < -0.39 is 0 Å². The average Bonchev–Trinajstić information content (AvgIpc) is 2.73. The Balaban J connectivity index is 1.84. The Kier molecular flexibility index (Phi) is 3.50. The third-order valence-electron chi connectivity index (χ3n) is 4.87. The summed E-state index contributed by atoms with van der Waals surface area (Å²) in [6, 6.07) is 36.1. The fourth-order valence-electron chi connectivity index (χ4n) is 3.62. The molecule has 0 saturated carbocycles. The summed E-state index contributed by atoms with van der Waals surface area (Å²) in [6.07, 6.45) is 0. The van der Waals surface area contributed by atoms with Crippen LogP contribution in [0.25, 0.3) is 44.1 Å². The first-order chi connectivity index (χ1) is 12.9. The van der Waals surface area contributed by atoms with Crippen LogP contribution in [0.3, 0.4) is 0 Å². The molecule has 0 radical (unpaired) electrons. The van der Waals surface area contributed by atoms with Gasteiger partial charge in [-0.1, -0.05) is 91.0 Å². The van der Waals surface area contributed by atoms with Crippen molar-refractivity contribution in [2.24, 2.45) is 0 Å². The first kappa shape index (κ1) is 14.9. The average molecular weight is 331 g/mol. The first-order valence-electron chi connectivity index (χ1n) is 8.83. The summed E-state index contributed by atoms with van der Waals surface area (Å²) < 4.78 is 0. The van der Waals surface area contributed by atoms with Crippen molar-refractivity contribution in [2.45, 2.75) is 0 Å². The van der Waals surface area contributed by atoms with Gasteiger partial charge in [0.1, 0.15) is 0 Å². The van der Waals surface area contributed by atoms with Crippen molar-refractivity contribution >= 4 is 21.7 Å². The van der Waals surface area contributed by atoms with E-state index in [2.05, 4.69) is 103 Å². The molecule has 1 heterocycles. The molecular formula is C25H17N. The normalized spacial score (nSPS) is 11.1. The van der Waals surface area contributed by atoms with Crippen LogP contribution in [0.15, 0.2) is 103 Å². The molecule has 0 aliphatic carbocycles. The third-order valence-corrected chi connectivity index (χ3v) is 4.87. The van der Waals surface area contributed by atoms with Crippen LogP contribution in [-0.2, 0) is 0 Å².